The summed E-state index contributed by atoms with van der Waals surface area (Å²) >= 11 is 0. The van der Waals surface area contributed by atoms with E-state index in [0.717, 1.165) is 6.42 Å². The molecule has 3 rings (SSSR count). The number of carbonyl (C=O) groups excluding carboxylic acids is 3. The minimum Gasteiger partial charge on any atom is -0.465 e. The van der Waals surface area contributed by atoms with Crippen LogP contribution >= 0.6 is 0 Å². The van der Waals surface area contributed by atoms with Crippen molar-refractivity contribution in [1.29, 1.82) is 0 Å². The molecule has 2 bridgehead atoms. The summed E-state index contributed by atoms with van der Waals surface area (Å²) < 4.78 is 37.7. The Labute approximate surface area is 170 Å². The molecule has 9 heteroatoms. The van der Waals surface area contributed by atoms with Crippen LogP contribution in [0.3, 0.4) is 0 Å². The molecule has 2 fully saturated rings. The first kappa shape index (κ1) is 21.3. The fourth-order valence-electron chi connectivity index (χ4n) is 4.81. The van der Waals surface area contributed by atoms with Gasteiger partial charge in [-0.15, -0.1) is 0 Å². The van der Waals surface area contributed by atoms with Gasteiger partial charge >= 0.3 is 11.9 Å². The summed E-state index contributed by atoms with van der Waals surface area (Å²) in [5.41, 5.74) is -1.28. The first-order chi connectivity index (χ1) is 13.5. The average molecular weight is 423 g/mol. The molecule has 0 saturated heterocycles. The number of nitrogens with one attached hydrogen (secondary N) is 1. The summed E-state index contributed by atoms with van der Waals surface area (Å²) in [4.78, 5) is 36.5. The van der Waals surface area contributed by atoms with E-state index in [4.69, 9.17) is 0 Å². The smallest absolute Gasteiger partial charge is 0.337 e. The van der Waals surface area contributed by atoms with Crippen molar-refractivity contribution in [1.82, 2.24) is 0 Å². The van der Waals surface area contributed by atoms with Crippen LogP contribution in [0.1, 0.15) is 53.8 Å². The van der Waals surface area contributed by atoms with Crippen molar-refractivity contribution in [3.63, 3.8) is 0 Å². The molecule has 1 N–H and O–H groups in total. The van der Waals surface area contributed by atoms with Gasteiger partial charge in [0.1, 0.15) is 5.78 Å². The molecular weight excluding hydrogens is 398 g/mol. The van der Waals surface area contributed by atoms with Gasteiger partial charge in [-0.05, 0) is 42.4 Å². The van der Waals surface area contributed by atoms with Crippen LogP contribution in [0.4, 0.5) is 5.69 Å². The fraction of sp³-hybridized carbons (Fsp3) is 0.550. The molecule has 0 unspecified atom stereocenters. The van der Waals surface area contributed by atoms with E-state index in [1.807, 2.05) is 13.8 Å². The standard InChI is InChI=1S/C20H25NO7S/c1-19(2)14-5-6-20(19,16(22)10-14)11-29(25,26)21-15-8-12(17(23)27-3)7-13(9-15)18(24)28-4/h7-9,14,21H,5-6,10-11H2,1-4H3/t14-,20-/m0/s1. The number of esters is 2. The van der Waals surface area contributed by atoms with Crippen LogP contribution in [0.25, 0.3) is 0 Å². The van der Waals surface area contributed by atoms with Crippen LogP contribution in [-0.4, -0.2) is 46.1 Å². The number of hydrogen-bond donors (Lipinski definition) is 1. The first-order valence-electron chi connectivity index (χ1n) is 9.31. The largest absolute Gasteiger partial charge is 0.465 e. The zero-order valence-electron chi connectivity index (χ0n) is 16.9. The Morgan fingerprint density at radius 1 is 1.10 bits per heavy atom. The maximum Gasteiger partial charge on any atom is 0.337 e. The highest BCUT2D eigenvalue weighted by Crippen LogP contribution is 2.64. The highest BCUT2D eigenvalue weighted by Gasteiger charge is 2.65. The van der Waals surface area contributed by atoms with Gasteiger partial charge in [0.05, 0.1) is 42.2 Å². The molecule has 2 atom stereocenters. The Balaban J connectivity index is 1.93. The van der Waals surface area contributed by atoms with Gasteiger partial charge in [0, 0.05) is 6.42 Å². The lowest BCUT2D eigenvalue weighted by Gasteiger charge is -2.36. The predicted molar refractivity (Wildman–Crippen MR) is 105 cm³/mol. The van der Waals surface area contributed by atoms with Crippen molar-refractivity contribution in [3.8, 4) is 0 Å². The van der Waals surface area contributed by atoms with E-state index in [1.54, 1.807) is 0 Å². The van der Waals surface area contributed by atoms with Gasteiger partial charge in [-0.3, -0.25) is 9.52 Å². The molecule has 2 saturated carbocycles. The van der Waals surface area contributed by atoms with E-state index in [1.165, 1.54) is 32.4 Å². The molecule has 29 heavy (non-hydrogen) atoms. The van der Waals surface area contributed by atoms with Gasteiger partial charge < -0.3 is 9.47 Å². The summed E-state index contributed by atoms with van der Waals surface area (Å²) in [6.07, 6.45) is 1.78. The topological polar surface area (TPSA) is 116 Å². The maximum absolute atomic E-state index is 13.0. The van der Waals surface area contributed by atoms with Crippen molar-refractivity contribution in [2.45, 2.75) is 33.1 Å². The molecule has 0 heterocycles. The number of Topliss-reactive ketones (excluding diaryl/α,β-unsaturated/α-hetero) is 1. The van der Waals surface area contributed by atoms with Crippen LogP contribution in [0.2, 0.25) is 0 Å². The fourth-order valence-corrected chi connectivity index (χ4v) is 6.68. The monoisotopic (exact) mass is 423 g/mol. The highest BCUT2D eigenvalue weighted by molar-refractivity contribution is 7.92. The van der Waals surface area contributed by atoms with E-state index in [9.17, 15) is 22.8 Å². The molecule has 0 radical (unpaired) electrons. The molecule has 2 aliphatic carbocycles. The van der Waals surface area contributed by atoms with Crippen LogP contribution in [0.15, 0.2) is 18.2 Å². The minimum atomic E-state index is -3.94. The maximum atomic E-state index is 13.0. The normalized spacial score (nSPS) is 25.0. The lowest BCUT2D eigenvalue weighted by atomic mass is 9.70. The number of methoxy groups -OCH3 is 2. The third-order valence-corrected chi connectivity index (χ3v) is 8.04. The predicted octanol–water partition coefficient (Wildman–Crippen LogP) is 2.40. The van der Waals surface area contributed by atoms with E-state index in [2.05, 4.69) is 14.2 Å². The van der Waals surface area contributed by atoms with Crippen molar-refractivity contribution in [3.05, 3.63) is 29.3 Å². The molecule has 0 aliphatic heterocycles. The number of carbonyl (C=O) groups is 3. The Bertz CT molecular complexity index is 948. The summed E-state index contributed by atoms with van der Waals surface area (Å²) in [6, 6.07) is 3.83. The summed E-state index contributed by atoms with van der Waals surface area (Å²) in [5, 5.41) is 0. The van der Waals surface area contributed by atoms with Crippen molar-refractivity contribution < 1.29 is 32.3 Å². The Kier molecular flexibility index (Phi) is 5.23. The second kappa shape index (κ2) is 7.12. The van der Waals surface area contributed by atoms with E-state index < -0.39 is 32.8 Å². The van der Waals surface area contributed by atoms with Gasteiger partial charge in [-0.1, -0.05) is 13.8 Å². The lowest BCUT2D eigenvalue weighted by Crippen LogP contribution is -2.43. The van der Waals surface area contributed by atoms with Crippen LogP contribution in [0, 0.1) is 16.7 Å². The van der Waals surface area contributed by atoms with E-state index >= 15 is 0 Å². The third-order valence-electron chi connectivity index (χ3n) is 6.62. The third kappa shape index (κ3) is 3.52. The number of benzene rings is 1. The van der Waals surface area contributed by atoms with Crippen molar-refractivity contribution in [2.24, 2.45) is 16.7 Å². The van der Waals surface area contributed by atoms with E-state index in [-0.39, 0.29) is 34.3 Å². The lowest BCUT2D eigenvalue weighted by molar-refractivity contribution is -0.128. The minimum absolute atomic E-state index is 0.00414. The second-order valence-corrected chi connectivity index (χ2v) is 10.0. The molecular formula is C20H25NO7S. The summed E-state index contributed by atoms with van der Waals surface area (Å²) in [5.74, 6) is -1.60. The quantitative estimate of drug-likeness (QED) is 0.699. The number of hydrogen-bond acceptors (Lipinski definition) is 7. The Hall–Kier alpha value is -2.42. The highest BCUT2D eigenvalue weighted by atomic mass is 32.2. The zero-order valence-corrected chi connectivity index (χ0v) is 17.7. The molecule has 8 nitrogen and oxygen atoms in total. The van der Waals surface area contributed by atoms with Gasteiger partial charge in [-0.2, -0.15) is 0 Å². The Morgan fingerprint density at radius 3 is 2.07 bits per heavy atom. The van der Waals surface area contributed by atoms with Crippen molar-refractivity contribution in [2.75, 3.05) is 24.7 Å². The van der Waals surface area contributed by atoms with Crippen LogP contribution in [-0.2, 0) is 24.3 Å². The first-order valence-corrected chi connectivity index (χ1v) is 11.0. The Morgan fingerprint density at radius 2 is 1.66 bits per heavy atom. The number of ether oxygens (including phenoxy) is 2. The summed E-state index contributed by atoms with van der Waals surface area (Å²) in [7, 11) is -1.58. The van der Waals surface area contributed by atoms with Gasteiger partial charge in [-0.25, -0.2) is 18.0 Å². The number of ketones is 1. The van der Waals surface area contributed by atoms with E-state index in [0.29, 0.717) is 12.8 Å². The molecule has 158 valence electrons. The zero-order chi connectivity index (χ0) is 21.6. The van der Waals surface area contributed by atoms with Gasteiger partial charge in [0.15, 0.2) is 0 Å². The van der Waals surface area contributed by atoms with Crippen LogP contribution < -0.4 is 4.72 Å². The average Bonchev–Trinajstić information content (AvgIpc) is 2.99. The SMILES string of the molecule is COC(=O)c1cc(NS(=O)(=O)C[C@@]23CC[C@@H](CC2=O)C3(C)C)cc(C(=O)OC)c1. The molecule has 0 amide bonds. The number of fused-ring (bicyclic) bond motifs is 2. The second-order valence-electron chi connectivity index (χ2n) is 8.31. The molecule has 0 spiro atoms. The molecule has 2 aliphatic rings. The summed E-state index contributed by atoms with van der Waals surface area (Å²) in [6.45, 7) is 3.91. The number of sulfonamides is 1. The van der Waals surface area contributed by atoms with Gasteiger partial charge in [0.2, 0.25) is 10.0 Å². The molecule has 1 aromatic rings. The van der Waals surface area contributed by atoms with Gasteiger partial charge in [0.25, 0.3) is 0 Å². The van der Waals surface area contributed by atoms with Crippen molar-refractivity contribution >= 4 is 33.4 Å². The number of rotatable bonds is 6. The molecule has 1 aromatic carbocycles. The van der Waals surface area contributed by atoms with Crippen LogP contribution in [0.5, 0.6) is 0 Å². The number of anilines is 1. The molecule has 0 aromatic heterocycles.